The Hall–Kier alpha value is -1.06. The zero-order valence-electron chi connectivity index (χ0n) is 14.2. The Kier molecular flexibility index (Phi) is 4.11. The van der Waals surface area contributed by atoms with Gasteiger partial charge in [0.25, 0.3) is 0 Å². The fourth-order valence-corrected chi connectivity index (χ4v) is 3.47. The van der Waals surface area contributed by atoms with Gasteiger partial charge in [-0.3, -0.25) is 9.59 Å². The van der Waals surface area contributed by atoms with Crippen LogP contribution in [0.15, 0.2) is 0 Å². The van der Waals surface area contributed by atoms with Crippen LogP contribution in [-0.4, -0.2) is 34.3 Å². The number of hydrogen-bond acceptors (Lipinski definition) is 2. The van der Waals surface area contributed by atoms with Crippen LogP contribution in [0.5, 0.6) is 0 Å². The Morgan fingerprint density at radius 3 is 2.24 bits per heavy atom. The maximum absolute atomic E-state index is 13.1. The number of piperazine rings is 1. The molecule has 2 rings (SSSR count). The third-order valence-corrected chi connectivity index (χ3v) is 5.32. The Morgan fingerprint density at radius 1 is 1.19 bits per heavy atom. The van der Waals surface area contributed by atoms with Gasteiger partial charge in [-0.15, -0.1) is 0 Å². The van der Waals surface area contributed by atoms with Crippen molar-refractivity contribution in [3.05, 3.63) is 0 Å². The van der Waals surface area contributed by atoms with Gasteiger partial charge in [-0.1, -0.05) is 40.5 Å². The normalized spacial score (nSPS) is 29.1. The highest BCUT2D eigenvalue weighted by Crippen LogP contribution is 2.39. The minimum atomic E-state index is -0.698. The second-order valence-electron chi connectivity index (χ2n) is 8.14. The summed E-state index contributed by atoms with van der Waals surface area (Å²) < 4.78 is 0. The summed E-state index contributed by atoms with van der Waals surface area (Å²) in [6, 6.07) is 0. The van der Waals surface area contributed by atoms with Gasteiger partial charge in [-0.25, -0.2) is 0 Å². The van der Waals surface area contributed by atoms with Gasteiger partial charge < -0.3 is 10.2 Å². The number of hydrogen-bond donors (Lipinski definition) is 1. The number of nitrogens with one attached hydrogen (secondary N) is 1. The molecule has 1 saturated heterocycles. The zero-order chi connectivity index (χ0) is 15.9. The quantitative estimate of drug-likeness (QED) is 0.870. The lowest BCUT2D eigenvalue weighted by Crippen LogP contribution is -2.74. The van der Waals surface area contributed by atoms with E-state index in [1.807, 2.05) is 18.7 Å². The summed E-state index contributed by atoms with van der Waals surface area (Å²) >= 11 is 0. The van der Waals surface area contributed by atoms with Crippen LogP contribution in [0, 0.1) is 5.41 Å². The fourth-order valence-electron chi connectivity index (χ4n) is 3.47. The SMILES string of the molecule is CCC1(C)C(=O)NC2(CCCC2)C(=O)N1CCC(C)(C)C. The molecule has 0 aromatic carbocycles. The molecule has 4 nitrogen and oxygen atoms in total. The largest absolute Gasteiger partial charge is 0.340 e. The highest BCUT2D eigenvalue weighted by Gasteiger charge is 2.56. The minimum absolute atomic E-state index is 0.0282. The molecule has 0 radical (unpaired) electrons. The molecule has 4 heteroatoms. The molecule has 0 aromatic rings. The van der Waals surface area contributed by atoms with E-state index in [4.69, 9.17) is 0 Å². The Morgan fingerprint density at radius 2 is 1.76 bits per heavy atom. The maximum atomic E-state index is 13.1. The maximum Gasteiger partial charge on any atom is 0.249 e. The molecule has 1 heterocycles. The van der Waals surface area contributed by atoms with Gasteiger partial charge >= 0.3 is 0 Å². The van der Waals surface area contributed by atoms with Crippen molar-refractivity contribution in [3.63, 3.8) is 0 Å². The zero-order valence-corrected chi connectivity index (χ0v) is 14.2. The van der Waals surface area contributed by atoms with Crippen LogP contribution in [0.3, 0.4) is 0 Å². The van der Waals surface area contributed by atoms with Gasteiger partial charge in [0.05, 0.1) is 0 Å². The van der Waals surface area contributed by atoms with Crippen molar-refractivity contribution in [1.82, 2.24) is 10.2 Å². The molecule has 1 N–H and O–H groups in total. The lowest BCUT2D eigenvalue weighted by molar-refractivity contribution is -0.162. The van der Waals surface area contributed by atoms with Crippen LogP contribution in [0.25, 0.3) is 0 Å². The Balaban J connectivity index is 2.29. The minimum Gasteiger partial charge on any atom is -0.340 e. The molecule has 2 amide bonds. The highest BCUT2D eigenvalue weighted by atomic mass is 16.2. The van der Waals surface area contributed by atoms with Gasteiger partial charge in [0.2, 0.25) is 11.8 Å². The molecule has 0 bridgehead atoms. The highest BCUT2D eigenvalue weighted by molar-refractivity contribution is 6.02. The first kappa shape index (κ1) is 16.3. The molecule has 1 saturated carbocycles. The van der Waals surface area contributed by atoms with Gasteiger partial charge in [0.15, 0.2) is 0 Å². The summed E-state index contributed by atoms with van der Waals surface area (Å²) in [5.41, 5.74) is -1.15. The average molecular weight is 294 g/mol. The molecular formula is C17H30N2O2. The van der Waals surface area contributed by atoms with E-state index in [2.05, 4.69) is 26.1 Å². The molecule has 2 aliphatic rings. The van der Waals surface area contributed by atoms with E-state index in [-0.39, 0.29) is 17.2 Å². The monoisotopic (exact) mass is 294 g/mol. The van der Waals surface area contributed by atoms with E-state index in [0.29, 0.717) is 13.0 Å². The fraction of sp³-hybridized carbons (Fsp3) is 0.882. The number of rotatable bonds is 3. The van der Waals surface area contributed by atoms with E-state index in [1.165, 1.54) is 0 Å². The number of carbonyl (C=O) groups is 2. The van der Waals surface area contributed by atoms with E-state index >= 15 is 0 Å². The molecule has 1 spiro atoms. The number of carbonyl (C=O) groups excluding carboxylic acids is 2. The molecule has 120 valence electrons. The lowest BCUT2D eigenvalue weighted by Gasteiger charge is -2.50. The lowest BCUT2D eigenvalue weighted by atomic mass is 9.82. The number of amides is 2. The summed E-state index contributed by atoms with van der Waals surface area (Å²) in [4.78, 5) is 27.7. The van der Waals surface area contributed by atoms with Gasteiger partial charge in [-0.05, 0) is 38.0 Å². The number of nitrogens with zero attached hydrogens (tertiary/aromatic N) is 1. The Labute approximate surface area is 128 Å². The topological polar surface area (TPSA) is 49.4 Å². The summed E-state index contributed by atoms with van der Waals surface area (Å²) in [6.45, 7) is 11.1. The van der Waals surface area contributed by atoms with Gasteiger partial charge in [-0.2, -0.15) is 0 Å². The third kappa shape index (κ3) is 2.82. The van der Waals surface area contributed by atoms with E-state index < -0.39 is 11.1 Å². The molecule has 1 atom stereocenters. The molecule has 2 fully saturated rings. The molecular weight excluding hydrogens is 264 g/mol. The van der Waals surface area contributed by atoms with Crippen molar-refractivity contribution in [1.29, 1.82) is 0 Å². The second kappa shape index (κ2) is 5.29. The van der Waals surface area contributed by atoms with Crippen LogP contribution in [0.2, 0.25) is 0 Å². The van der Waals surface area contributed by atoms with E-state index in [0.717, 1.165) is 32.1 Å². The average Bonchev–Trinajstić information content (AvgIpc) is 2.85. The molecule has 1 aliphatic carbocycles. The van der Waals surface area contributed by atoms with E-state index in [1.54, 1.807) is 0 Å². The first-order valence-corrected chi connectivity index (χ1v) is 8.29. The molecule has 1 aliphatic heterocycles. The summed E-state index contributed by atoms with van der Waals surface area (Å²) in [7, 11) is 0. The molecule has 1 unspecified atom stereocenters. The van der Waals surface area contributed by atoms with E-state index in [9.17, 15) is 9.59 Å². The van der Waals surface area contributed by atoms with Crippen molar-refractivity contribution in [2.24, 2.45) is 5.41 Å². The Bertz CT molecular complexity index is 433. The predicted molar refractivity (Wildman–Crippen MR) is 83.8 cm³/mol. The van der Waals surface area contributed by atoms with Gasteiger partial charge in [0, 0.05) is 6.54 Å². The third-order valence-electron chi connectivity index (χ3n) is 5.32. The van der Waals surface area contributed by atoms with Crippen molar-refractivity contribution in [2.75, 3.05) is 6.54 Å². The van der Waals surface area contributed by atoms with Crippen LogP contribution in [-0.2, 0) is 9.59 Å². The standard InChI is InChI=1S/C17H30N2O2/c1-6-16(5)13(20)18-17(9-7-8-10-17)14(21)19(16)12-11-15(2,3)4/h6-12H2,1-5H3,(H,18,20). The van der Waals surface area contributed by atoms with Crippen molar-refractivity contribution < 1.29 is 9.59 Å². The van der Waals surface area contributed by atoms with Crippen molar-refractivity contribution in [2.45, 2.75) is 84.2 Å². The van der Waals surface area contributed by atoms with Crippen molar-refractivity contribution >= 4 is 11.8 Å². The van der Waals surface area contributed by atoms with Crippen LogP contribution < -0.4 is 5.32 Å². The summed E-state index contributed by atoms with van der Waals surface area (Å²) in [5.74, 6) is 0.175. The van der Waals surface area contributed by atoms with Crippen LogP contribution in [0.1, 0.15) is 73.1 Å². The molecule has 21 heavy (non-hydrogen) atoms. The molecule has 0 aromatic heterocycles. The van der Waals surface area contributed by atoms with Crippen LogP contribution in [0.4, 0.5) is 0 Å². The second-order valence-corrected chi connectivity index (χ2v) is 8.14. The summed E-state index contributed by atoms with van der Waals surface area (Å²) in [6.07, 6.45) is 5.22. The summed E-state index contributed by atoms with van der Waals surface area (Å²) in [5, 5.41) is 3.08. The van der Waals surface area contributed by atoms with Crippen molar-refractivity contribution in [3.8, 4) is 0 Å². The smallest absolute Gasteiger partial charge is 0.249 e. The van der Waals surface area contributed by atoms with Gasteiger partial charge in [0.1, 0.15) is 11.1 Å². The first-order valence-electron chi connectivity index (χ1n) is 8.29. The first-order chi connectivity index (χ1) is 9.65. The predicted octanol–water partition coefficient (Wildman–Crippen LogP) is 2.86. The van der Waals surface area contributed by atoms with Crippen LogP contribution >= 0.6 is 0 Å².